The van der Waals surface area contributed by atoms with Crippen LogP contribution in [0.15, 0.2) is 48.5 Å². The third-order valence-electron chi connectivity index (χ3n) is 8.62. The van der Waals surface area contributed by atoms with E-state index in [2.05, 4.69) is 4.90 Å². The molecule has 0 aromatic heterocycles. The van der Waals surface area contributed by atoms with Crippen LogP contribution >= 0.6 is 0 Å². The fourth-order valence-electron chi connectivity index (χ4n) is 6.39. The van der Waals surface area contributed by atoms with Crippen LogP contribution in [0.2, 0.25) is 0 Å². The quantitative estimate of drug-likeness (QED) is 0.334. The Balaban J connectivity index is 1.36. The van der Waals surface area contributed by atoms with Gasteiger partial charge in [-0.05, 0) is 74.3 Å². The summed E-state index contributed by atoms with van der Waals surface area (Å²) in [6, 6.07) is 11.2. The van der Waals surface area contributed by atoms with Crippen molar-refractivity contribution in [3.05, 3.63) is 70.8 Å². The van der Waals surface area contributed by atoms with Gasteiger partial charge in [-0.15, -0.1) is 0 Å². The highest BCUT2D eigenvalue weighted by molar-refractivity contribution is 5.35. The van der Waals surface area contributed by atoms with Crippen LogP contribution in [0, 0.1) is 5.92 Å². The highest BCUT2D eigenvalue weighted by Gasteiger charge is 2.42. The van der Waals surface area contributed by atoms with Crippen molar-refractivity contribution in [3.8, 4) is 0 Å². The van der Waals surface area contributed by atoms with Crippen LogP contribution in [-0.4, -0.2) is 49.6 Å². The first-order valence-electron chi connectivity index (χ1n) is 13.9. The van der Waals surface area contributed by atoms with E-state index in [1.54, 1.807) is 0 Å². The SMILES string of the molecule is C[C@@H](O[C@H]1OCC[C@@H](CN2CCC3(CCCO3)CC2)[C@@H]1c1ccccc1)c1cc(C(F)(F)F)cc(C(F)(F)F)c1. The molecule has 0 bridgehead atoms. The van der Waals surface area contributed by atoms with Crippen LogP contribution in [0.4, 0.5) is 26.3 Å². The first kappa shape index (κ1) is 29.4. The summed E-state index contributed by atoms with van der Waals surface area (Å²) in [6.45, 7) is 5.33. The molecule has 0 amide bonds. The van der Waals surface area contributed by atoms with E-state index in [0.29, 0.717) is 6.61 Å². The summed E-state index contributed by atoms with van der Waals surface area (Å²) in [7, 11) is 0. The molecule has 0 aliphatic carbocycles. The number of rotatable bonds is 6. The maximum absolute atomic E-state index is 13.5. The Hall–Kier alpha value is -2.14. The first-order valence-corrected chi connectivity index (χ1v) is 13.9. The van der Waals surface area contributed by atoms with Gasteiger partial charge in [0.2, 0.25) is 0 Å². The summed E-state index contributed by atoms with van der Waals surface area (Å²) >= 11 is 0. The minimum absolute atomic E-state index is 0.00626. The van der Waals surface area contributed by atoms with Crippen molar-refractivity contribution >= 4 is 0 Å². The van der Waals surface area contributed by atoms with E-state index < -0.39 is 35.9 Å². The second-order valence-corrected chi connectivity index (χ2v) is 11.3. The lowest BCUT2D eigenvalue weighted by Gasteiger charge is -2.44. The fourth-order valence-corrected chi connectivity index (χ4v) is 6.39. The molecule has 3 heterocycles. The van der Waals surface area contributed by atoms with E-state index in [-0.39, 0.29) is 29.1 Å². The Labute approximate surface area is 230 Å². The van der Waals surface area contributed by atoms with Gasteiger partial charge in [0.05, 0.1) is 29.4 Å². The van der Waals surface area contributed by atoms with Crippen molar-refractivity contribution in [2.24, 2.45) is 5.92 Å². The minimum Gasteiger partial charge on any atom is -0.375 e. The molecule has 3 aliphatic rings. The van der Waals surface area contributed by atoms with E-state index in [0.717, 1.165) is 76.0 Å². The van der Waals surface area contributed by atoms with Gasteiger partial charge in [0.1, 0.15) is 0 Å². The molecule has 0 saturated carbocycles. The number of benzene rings is 2. The van der Waals surface area contributed by atoms with Crippen LogP contribution in [-0.2, 0) is 26.6 Å². The van der Waals surface area contributed by atoms with Gasteiger partial charge in [0.25, 0.3) is 0 Å². The molecule has 3 fully saturated rings. The summed E-state index contributed by atoms with van der Waals surface area (Å²) in [5.74, 6) is -0.0944. The number of hydrogen-bond acceptors (Lipinski definition) is 4. The third kappa shape index (κ3) is 6.66. The normalized spacial score (nSPS) is 26.7. The summed E-state index contributed by atoms with van der Waals surface area (Å²) < 4.78 is 99.1. The first-order chi connectivity index (χ1) is 18.9. The van der Waals surface area contributed by atoms with Gasteiger partial charge in [-0.25, -0.2) is 0 Å². The molecule has 3 aliphatic heterocycles. The lowest BCUT2D eigenvalue weighted by atomic mass is 9.80. The summed E-state index contributed by atoms with van der Waals surface area (Å²) in [4.78, 5) is 2.43. The molecular weight excluding hydrogens is 536 g/mol. The molecule has 10 heteroatoms. The molecular formula is C30H35F6NO3. The second-order valence-electron chi connectivity index (χ2n) is 11.3. The lowest BCUT2D eigenvalue weighted by molar-refractivity contribution is -0.211. The minimum atomic E-state index is -4.93. The number of nitrogens with zero attached hydrogens (tertiary/aromatic N) is 1. The molecule has 0 unspecified atom stereocenters. The molecule has 4 atom stereocenters. The summed E-state index contributed by atoms with van der Waals surface area (Å²) in [6.07, 6.45) is -6.79. The van der Waals surface area contributed by atoms with Gasteiger partial charge in [-0.1, -0.05) is 30.3 Å². The molecule has 220 valence electrons. The topological polar surface area (TPSA) is 30.9 Å². The van der Waals surface area contributed by atoms with Crippen LogP contribution in [0.1, 0.15) is 73.3 Å². The van der Waals surface area contributed by atoms with Gasteiger partial charge in [0.15, 0.2) is 6.29 Å². The number of halogens is 6. The molecule has 2 aromatic rings. The van der Waals surface area contributed by atoms with Crippen LogP contribution in [0.25, 0.3) is 0 Å². The summed E-state index contributed by atoms with van der Waals surface area (Å²) in [5.41, 5.74) is -1.94. The largest absolute Gasteiger partial charge is 0.416 e. The zero-order valence-electron chi connectivity index (χ0n) is 22.4. The third-order valence-corrected chi connectivity index (χ3v) is 8.62. The van der Waals surface area contributed by atoms with Gasteiger partial charge in [-0.2, -0.15) is 26.3 Å². The summed E-state index contributed by atoms with van der Waals surface area (Å²) in [5, 5.41) is 0. The van der Waals surface area contributed by atoms with Crippen molar-refractivity contribution in [2.45, 2.75) is 75.3 Å². The van der Waals surface area contributed by atoms with Gasteiger partial charge < -0.3 is 19.1 Å². The van der Waals surface area contributed by atoms with Crippen molar-refractivity contribution < 1.29 is 40.6 Å². The molecule has 5 rings (SSSR count). The molecule has 40 heavy (non-hydrogen) atoms. The zero-order valence-corrected chi connectivity index (χ0v) is 22.4. The van der Waals surface area contributed by atoms with Gasteiger partial charge in [-0.3, -0.25) is 0 Å². The predicted octanol–water partition coefficient (Wildman–Crippen LogP) is 7.59. The average molecular weight is 572 g/mol. The smallest absolute Gasteiger partial charge is 0.375 e. The Morgan fingerprint density at radius 2 is 1.57 bits per heavy atom. The van der Waals surface area contributed by atoms with E-state index in [4.69, 9.17) is 14.2 Å². The molecule has 2 aromatic carbocycles. The van der Waals surface area contributed by atoms with Gasteiger partial charge in [0, 0.05) is 32.2 Å². The van der Waals surface area contributed by atoms with E-state index >= 15 is 0 Å². The fraction of sp³-hybridized carbons (Fsp3) is 0.600. The van der Waals surface area contributed by atoms with E-state index in [1.165, 1.54) is 6.92 Å². The zero-order chi connectivity index (χ0) is 28.5. The number of alkyl halides is 6. The average Bonchev–Trinajstić information content (AvgIpc) is 3.37. The van der Waals surface area contributed by atoms with Crippen molar-refractivity contribution in [1.82, 2.24) is 4.90 Å². The predicted molar refractivity (Wildman–Crippen MR) is 137 cm³/mol. The van der Waals surface area contributed by atoms with Crippen molar-refractivity contribution in [2.75, 3.05) is 32.8 Å². The number of ether oxygens (including phenoxy) is 3. The van der Waals surface area contributed by atoms with Crippen LogP contribution < -0.4 is 0 Å². The monoisotopic (exact) mass is 571 g/mol. The molecule has 4 nitrogen and oxygen atoms in total. The maximum atomic E-state index is 13.5. The maximum Gasteiger partial charge on any atom is 0.416 e. The number of likely N-dealkylation sites (tertiary alicyclic amines) is 1. The second kappa shape index (κ2) is 11.6. The Bertz CT molecular complexity index is 1090. The molecule has 3 saturated heterocycles. The van der Waals surface area contributed by atoms with Crippen molar-refractivity contribution in [3.63, 3.8) is 0 Å². The molecule has 1 spiro atoms. The lowest BCUT2D eigenvalue weighted by Crippen LogP contribution is -2.48. The Morgan fingerprint density at radius 1 is 0.925 bits per heavy atom. The Morgan fingerprint density at radius 3 is 2.15 bits per heavy atom. The Kier molecular flexibility index (Phi) is 8.53. The molecule has 0 radical (unpaired) electrons. The van der Waals surface area contributed by atoms with E-state index in [9.17, 15) is 26.3 Å². The number of piperidine rings is 1. The van der Waals surface area contributed by atoms with Crippen LogP contribution in [0.3, 0.4) is 0 Å². The highest BCUT2D eigenvalue weighted by Crippen LogP contribution is 2.43. The van der Waals surface area contributed by atoms with Crippen molar-refractivity contribution in [1.29, 1.82) is 0 Å². The highest BCUT2D eigenvalue weighted by atomic mass is 19.4. The standard InChI is InChI=1S/C30H35F6NO3/c1-20(23-16-24(29(31,32)33)18-25(17-23)30(34,35)36)40-27-26(21-6-3-2-4-7-21)22(8-15-38-27)19-37-12-10-28(11-13-37)9-5-14-39-28/h2-4,6-7,16-18,20,22,26-27H,5,8-15,19H2,1H3/t20-,22+,26+,27-/m1/s1. The molecule has 0 N–H and O–H groups in total. The van der Waals surface area contributed by atoms with Crippen LogP contribution in [0.5, 0.6) is 0 Å². The number of hydrogen-bond donors (Lipinski definition) is 0. The van der Waals surface area contributed by atoms with Gasteiger partial charge >= 0.3 is 12.4 Å². The van der Waals surface area contributed by atoms with E-state index in [1.807, 2.05) is 30.3 Å².